The lowest BCUT2D eigenvalue weighted by molar-refractivity contribution is 0.103. The maximum atomic E-state index is 14.0. The number of benzene rings is 2. The summed E-state index contributed by atoms with van der Waals surface area (Å²) in [6, 6.07) is 12.0. The van der Waals surface area contributed by atoms with E-state index in [-0.39, 0.29) is 16.4 Å². The van der Waals surface area contributed by atoms with Crippen molar-refractivity contribution in [2.75, 3.05) is 0 Å². The average Bonchev–Trinajstić information content (AvgIpc) is 2.40. The van der Waals surface area contributed by atoms with Crippen molar-refractivity contribution in [2.45, 2.75) is 25.2 Å². The zero-order valence-electron chi connectivity index (χ0n) is 10.9. The minimum absolute atomic E-state index is 0.0167. The molecule has 0 heterocycles. The summed E-state index contributed by atoms with van der Waals surface area (Å²) < 4.78 is 14.0. The highest BCUT2D eigenvalue weighted by Crippen LogP contribution is 2.38. The fourth-order valence-electron chi connectivity index (χ4n) is 2.60. The minimum Gasteiger partial charge on any atom is -0.288 e. The van der Waals surface area contributed by atoms with Gasteiger partial charge in [0.2, 0.25) is 0 Å². The first-order valence-corrected chi connectivity index (χ1v) is 7.14. The van der Waals surface area contributed by atoms with E-state index in [4.69, 9.17) is 11.6 Å². The van der Waals surface area contributed by atoms with Crippen LogP contribution in [0.3, 0.4) is 0 Å². The molecule has 0 unspecified atom stereocenters. The molecule has 20 heavy (non-hydrogen) atoms. The van der Waals surface area contributed by atoms with Crippen LogP contribution < -0.4 is 0 Å². The second kappa shape index (κ2) is 5.37. The highest BCUT2D eigenvalue weighted by molar-refractivity contribution is 6.31. The summed E-state index contributed by atoms with van der Waals surface area (Å²) in [4.78, 5) is 12.6. The van der Waals surface area contributed by atoms with Gasteiger partial charge in [0.1, 0.15) is 0 Å². The number of carbonyl (C=O) groups is 1. The highest BCUT2D eigenvalue weighted by Gasteiger charge is 2.25. The van der Waals surface area contributed by atoms with Crippen molar-refractivity contribution in [1.82, 2.24) is 0 Å². The molecular formula is C17H14ClFO. The Bertz CT molecular complexity index is 662. The van der Waals surface area contributed by atoms with E-state index in [2.05, 4.69) is 0 Å². The molecule has 0 radical (unpaired) electrons. The number of rotatable bonds is 3. The number of carbonyl (C=O) groups excluding carboxylic acids is 1. The Morgan fingerprint density at radius 3 is 2.45 bits per heavy atom. The third-order valence-corrected chi connectivity index (χ3v) is 4.24. The SMILES string of the molecule is O=C(c1ccccc1C1CCC1)c1cccc(Cl)c1F. The van der Waals surface area contributed by atoms with E-state index in [0.29, 0.717) is 11.5 Å². The predicted octanol–water partition coefficient (Wildman–Crippen LogP) is 4.98. The van der Waals surface area contributed by atoms with Gasteiger partial charge < -0.3 is 0 Å². The van der Waals surface area contributed by atoms with Gasteiger partial charge in [-0.2, -0.15) is 0 Å². The van der Waals surface area contributed by atoms with E-state index < -0.39 is 5.82 Å². The van der Waals surface area contributed by atoms with Crippen LogP contribution in [-0.4, -0.2) is 5.78 Å². The molecule has 1 saturated carbocycles. The van der Waals surface area contributed by atoms with Gasteiger partial charge in [-0.25, -0.2) is 4.39 Å². The van der Waals surface area contributed by atoms with Crippen LogP contribution in [0, 0.1) is 5.82 Å². The molecule has 102 valence electrons. The number of hydrogen-bond acceptors (Lipinski definition) is 1. The van der Waals surface area contributed by atoms with Gasteiger partial charge in [0, 0.05) is 5.56 Å². The standard InChI is InChI=1S/C17H14ClFO/c18-15-10-4-9-14(16(15)19)17(20)13-8-2-1-7-12(13)11-5-3-6-11/h1-2,4,7-11H,3,5-6H2. The van der Waals surface area contributed by atoms with Gasteiger partial charge in [0.05, 0.1) is 10.6 Å². The summed E-state index contributed by atoms with van der Waals surface area (Å²) in [5, 5.41) is -0.0167. The smallest absolute Gasteiger partial charge is 0.196 e. The normalized spacial score (nSPS) is 14.9. The summed E-state index contributed by atoms with van der Waals surface area (Å²) in [6.07, 6.45) is 3.39. The third kappa shape index (κ3) is 2.25. The highest BCUT2D eigenvalue weighted by atomic mass is 35.5. The fraction of sp³-hybridized carbons (Fsp3) is 0.235. The van der Waals surface area contributed by atoms with Crippen LogP contribution in [0.4, 0.5) is 4.39 Å². The lowest BCUT2D eigenvalue weighted by Gasteiger charge is -2.27. The van der Waals surface area contributed by atoms with Crippen LogP contribution in [0.25, 0.3) is 0 Å². The second-order valence-electron chi connectivity index (χ2n) is 5.15. The summed E-state index contributed by atoms with van der Waals surface area (Å²) in [5.74, 6) is -0.493. The van der Waals surface area contributed by atoms with Crippen LogP contribution in [0.15, 0.2) is 42.5 Å². The van der Waals surface area contributed by atoms with Gasteiger partial charge in [-0.05, 0) is 36.5 Å². The van der Waals surface area contributed by atoms with Gasteiger partial charge in [0.15, 0.2) is 11.6 Å². The van der Waals surface area contributed by atoms with Crippen molar-refractivity contribution >= 4 is 17.4 Å². The summed E-state index contributed by atoms with van der Waals surface area (Å²) in [7, 11) is 0. The first-order valence-electron chi connectivity index (χ1n) is 6.76. The Kier molecular flexibility index (Phi) is 3.58. The number of halogens is 2. The van der Waals surface area contributed by atoms with E-state index in [1.165, 1.54) is 18.6 Å². The fourth-order valence-corrected chi connectivity index (χ4v) is 2.78. The van der Waals surface area contributed by atoms with Crippen LogP contribution in [0.2, 0.25) is 5.02 Å². The van der Waals surface area contributed by atoms with Crippen molar-refractivity contribution in [2.24, 2.45) is 0 Å². The number of ketones is 1. The molecule has 0 bridgehead atoms. The molecule has 0 aliphatic heterocycles. The van der Waals surface area contributed by atoms with Gasteiger partial charge in [-0.1, -0.05) is 48.4 Å². The van der Waals surface area contributed by atoms with Crippen molar-refractivity contribution in [3.63, 3.8) is 0 Å². The van der Waals surface area contributed by atoms with Gasteiger partial charge in [0.25, 0.3) is 0 Å². The van der Waals surface area contributed by atoms with Crippen molar-refractivity contribution in [1.29, 1.82) is 0 Å². The molecule has 0 spiro atoms. The monoisotopic (exact) mass is 288 g/mol. The molecule has 0 aromatic heterocycles. The predicted molar refractivity (Wildman–Crippen MR) is 77.9 cm³/mol. The van der Waals surface area contributed by atoms with Crippen LogP contribution in [0.5, 0.6) is 0 Å². The number of hydrogen-bond donors (Lipinski definition) is 0. The molecule has 2 aromatic rings. The zero-order chi connectivity index (χ0) is 14.1. The van der Waals surface area contributed by atoms with E-state index in [1.54, 1.807) is 12.1 Å². The van der Waals surface area contributed by atoms with E-state index >= 15 is 0 Å². The Labute approximate surface area is 122 Å². The molecule has 0 atom stereocenters. The Balaban J connectivity index is 2.04. The first kappa shape index (κ1) is 13.3. The first-order chi connectivity index (χ1) is 9.68. The Hall–Kier alpha value is -1.67. The molecule has 0 N–H and O–H groups in total. The van der Waals surface area contributed by atoms with Gasteiger partial charge >= 0.3 is 0 Å². The quantitative estimate of drug-likeness (QED) is 0.728. The molecule has 2 aromatic carbocycles. The summed E-state index contributed by atoms with van der Waals surface area (Å²) >= 11 is 5.76. The molecule has 1 nitrogen and oxygen atoms in total. The molecule has 0 amide bonds. The summed E-state index contributed by atoms with van der Waals surface area (Å²) in [5.41, 5.74) is 1.67. The van der Waals surface area contributed by atoms with Crippen molar-refractivity contribution < 1.29 is 9.18 Å². The largest absolute Gasteiger partial charge is 0.288 e. The van der Waals surface area contributed by atoms with Crippen molar-refractivity contribution in [3.8, 4) is 0 Å². The lowest BCUT2D eigenvalue weighted by atomic mass is 9.77. The maximum Gasteiger partial charge on any atom is 0.196 e. The molecule has 3 heteroatoms. The van der Waals surface area contributed by atoms with E-state index in [0.717, 1.165) is 18.4 Å². The molecule has 1 aliphatic rings. The molecule has 3 rings (SSSR count). The van der Waals surface area contributed by atoms with Crippen LogP contribution in [-0.2, 0) is 0 Å². The van der Waals surface area contributed by atoms with E-state index in [9.17, 15) is 9.18 Å². The average molecular weight is 289 g/mol. The zero-order valence-corrected chi connectivity index (χ0v) is 11.7. The molecular weight excluding hydrogens is 275 g/mol. The van der Waals surface area contributed by atoms with Crippen LogP contribution in [0.1, 0.15) is 46.7 Å². The van der Waals surface area contributed by atoms with E-state index in [1.807, 2.05) is 18.2 Å². The van der Waals surface area contributed by atoms with Gasteiger partial charge in [-0.15, -0.1) is 0 Å². The molecule has 1 fully saturated rings. The third-order valence-electron chi connectivity index (χ3n) is 3.95. The minimum atomic E-state index is -0.637. The second-order valence-corrected chi connectivity index (χ2v) is 5.55. The Morgan fingerprint density at radius 1 is 1.05 bits per heavy atom. The molecule has 0 saturated heterocycles. The topological polar surface area (TPSA) is 17.1 Å². The Morgan fingerprint density at radius 2 is 1.75 bits per heavy atom. The van der Waals surface area contributed by atoms with Crippen molar-refractivity contribution in [3.05, 3.63) is 70.0 Å². The molecule has 1 aliphatic carbocycles. The van der Waals surface area contributed by atoms with Gasteiger partial charge in [-0.3, -0.25) is 4.79 Å². The summed E-state index contributed by atoms with van der Waals surface area (Å²) in [6.45, 7) is 0. The maximum absolute atomic E-state index is 14.0. The lowest BCUT2D eigenvalue weighted by Crippen LogP contribution is -2.15. The van der Waals surface area contributed by atoms with Crippen LogP contribution >= 0.6 is 11.6 Å².